The Morgan fingerprint density at radius 1 is 0.742 bits per heavy atom. The van der Waals surface area contributed by atoms with Crippen molar-refractivity contribution in [3.05, 3.63) is 98.6 Å². The highest BCUT2D eigenvalue weighted by Crippen LogP contribution is 2.35. The van der Waals surface area contributed by atoms with E-state index in [1.54, 1.807) is 24.3 Å². The molecule has 0 aliphatic carbocycles. The SMILES string of the molecule is O=c1[nH]c2nc3[nH]c(=O)c(-c4ccccc4)c(O)c3cc2c(O)c1Cc1ccccc1. The van der Waals surface area contributed by atoms with E-state index >= 15 is 0 Å². The van der Waals surface area contributed by atoms with Gasteiger partial charge in [0.1, 0.15) is 22.8 Å². The summed E-state index contributed by atoms with van der Waals surface area (Å²) in [5.74, 6) is -0.446. The van der Waals surface area contributed by atoms with Gasteiger partial charge in [-0.2, -0.15) is 0 Å². The standard InChI is InChI=1S/C24H17N3O4/c28-19-15-12-16-20(29)18(14-9-5-2-6-10-14)24(31)27-22(16)25-21(15)26-23(30)17(19)11-13-7-3-1-4-8-13/h1-10,12H,11H2,(H4,25,26,27,28,29,30,31). The average molecular weight is 411 g/mol. The predicted octanol–water partition coefficient (Wildman–Crippen LogP) is 3.43. The number of hydrogen-bond acceptors (Lipinski definition) is 5. The van der Waals surface area contributed by atoms with E-state index in [0.717, 1.165) is 5.56 Å². The normalized spacial score (nSPS) is 11.2. The van der Waals surface area contributed by atoms with Crippen molar-refractivity contribution in [1.82, 2.24) is 15.0 Å². The molecule has 5 aromatic rings. The van der Waals surface area contributed by atoms with Gasteiger partial charge in [-0.25, -0.2) is 4.98 Å². The molecule has 5 rings (SSSR count). The molecule has 7 heteroatoms. The van der Waals surface area contributed by atoms with Crippen LogP contribution in [0.3, 0.4) is 0 Å². The third kappa shape index (κ3) is 3.12. The maximum Gasteiger partial charge on any atom is 0.261 e. The highest BCUT2D eigenvalue weighted by atomic mass is 16.3. The monoisotopic (exact) mass is 411 g/mol. The van der Waals surface area contributed by atoms with Gasteiger partial charge in [0.05, 0.1) is 21.9 Å². The van der Waals surface area contributed by atoms with Gasteiger partial charge in [0.2, 0.25) is 0 Å². The first-order chi connectivity index (χ1) is 15.0. The van der Waals surface area contributed by atoms with Crippen LogP contribution in [-0.4, -0.2) is 25.2 Å². The molecule has 152 valence electrons. The molecule has 0 aliphatic heterocycles. The third-order valence-electron chi connectivity index (χ3n) is 5.31. The summed E-state index contributed by atoms with van der Waals surface area (Å²) in [6.07, 6.45) is 0.239. The summed E-state index contributed by atoms with van der Waals surface area (Å²) in [7, 11) is 0. The van der Waals surface area contributed by atoms with Crippen molar-refractivity contribution in [2.45, 2.75) is 6.42 Å². The van der Waals surface area contributed by atoms with Gasteiger partial charge in [-0.15, -0.1) is 0 Å². The number of aromatic hydroxyl groups is 2. The van der Waals surface area contributed by atoms with Gasteiger partial charge in [0.15, 0.2) is 0 Å². The molecule has 0 amide bonds. The van der Waals surface area contributed by atoms with Gasteiger partial charge in [0.25, 0.3) is 11.1 Å². The van der Waals surface area contributed by atoms with Gasteiger partial charge in [-0.05, 0) is 17.2 Å². The molecule has 0 atom stereocenters. The minimum Gasteiger partial charge on any atom is -0.507 e. The minimum atomic E-state index is -0.504. The van der Waals surface area contributed by atoms with Crippen molar-refractivity contribution in [1.29, 1.82) is 0 Å². The second-order valence-electron chi connectivity index (χ2n) is 7.27. The van der Waals surface area contributed by atoms with Crippen molar-refractivity contribution in [3.8, 4) is 22.6 Å². The Morgan fingerprint density at radius 2 is 1.32 bits per heavy atom. The van der Waals surface area contributed by atoms with E-state index in [4.69, 9.17) is 0 Å². The Kier molecular flexibility index (Phi) is 4.29. The largest absolute Gasteiger partial charge is 0.507 e. The highest BCUT2D eigenvalue weighted by Gasteiger charge is 2.19. The van der Waals surface area contributed by atoms with E-state index in [0.29, 0.717) is 5.56 Å². The van der Waals surface area contributed by atoms with Gasteiger partial charge < -0.3 is 20.2 Å². The molecule has 31 heavy (non-hydrogen) atoms. The summed E-state index contributed by atoms with van der Waals surface area (Å²) in [5.41, 5.74) is 1.00. The zero-order chi connectivity index (χ0) is 21.5. The summed E-state index contributed by atoms with van der Waals surface area (Å²) in [5, 5.41) is 22.3. The topological polar surface area (TPSA) is 119 Å². The molecule has 4 N–H and O–H groups in total. The number of pyridine rings is 3. The van der Waals surface area contributed by atoms with Gasteiger partial charge in [0, 0.05) is 6.42 Å². The van der Waals surface area contributed by atoms with Crippen LogP contribution in [0.4, 0.5) is 0 Å². The van der Waals surface area contributed by atoms with Crippen LogP contribution in [0.25, 0.3) is 33.2 Å². The van der Waals surface area contributed by atoms with Crippen LogP contribution in [0.5, 0.6) is 11.5 Å². The molecule has 3 heterocycles. The number of hydrogen-bond donors (Lipinski definition) is 4. The summed E-state index contributed by atoms with van der Waals surface area (Å²) < 4.78 is 0. The number of fused-ring (bicyclic) bond motifs is 2. The second kappa shape index (κ2) is 7.14. The highest BCUT2D eigenvalue weighted by molar-refractivity contribution is 5.98. The third-order valence-corrected chi connectivity index (χ3v) is 5.31. The smallest absolute Gasteiger partial charge is 0.261 e. The Morgan fingerprint density at radius 3 is 2.00 bits per heavy atom. The summed E-state index contributed by atoms with van der Waals surface area (Å²) >= 11 is 0. The lowest BCUT2D eigenvalue weighted by atomic mass is 10.0. The van der Waals surface area contributed by atoms with Crippen LogP contribution in [0.15, 0.2) is 76.3 Å². The molecular weight excluding hydrogens is 394 g/mol. The van der Waals surface area contributed by atoms with Gasteiger partial charge >= 0.3 is 0 Å². The quantitative estimate of drug-likeness (QED) is 0.339. The van der Waals surface area contributed by atoms with E-state index in [2.05, 4.69) is 15.0 Å². The first kappa shape index (κ1) is 18.6. The molecular formula is C24H17N3O4. The molecule has 0 aliphatic rings. The number of nitrogens with zero attached hydrogens (tertiary/aromatic N) is 1. The average Bonchev–Trinajstić information content (AvgIpc) is 2.77. The maximum absolute atomic E-state index is 12.6. The fourth-order valence-electron chi connectivity index (χ4n) is 3.77. The summed E-state index contributed by atoms with van der Waals surface area (Å²) in [6, 6.07) is 19.6. The fraction of sp³-hybridized carbons (Fsp3) is 0.0417. The zero-order valence-corrected chi connectivity index (χ0v) is 16.2. The molecule has 0 spiro atoms. The Bertz CT molecular complexity index is 1560. The van der Waals surface area contributed by atoms with Crippen molar-refractivity contribution < 1.29 is 10.2 Å². The number of H-pyrrole nitrogens is 2. The van der Waals surface area contributed by atoms with E-state index in [1.165, 1.54) is 6.07 Å². The molecule has 0 bridgehead atoms. The first-order valence-corrected chi connectivity index (χ1v) is 9.66. The molecule has 0 fully saturated rings. The van der Waals surface area contributed by atoms with Gasteiger partial charge in [-0.1, -0.05) is 60.7 Å². The Labute approximate surface area is 175 Å². The lowest BCUT2D eigenvalue weighted by Crippen LogP contribution is -2.15. The van der Waals surface area contributed by atoms with E-state index in [-0.39, 0.29) is 51.1 Å². The van der Waals surface area contributed by atoms with Crippen LogP contribution in [0.1, 0.15) is 11.1 Å². The van der Waals surface area contributed by atoms with Crippen LogP contribution in [-0.2, 0) is 6.42 Å². The molecule has 7 nitrogen and oxygen atoms in total. The fourth-order valence-corrected chi connectivity index (χ4v) is 3.77. The number of aromatic nitrogens is 3. The van der Waals surface area contributed by atoms with E-state index in [1.807, 2.05) is 36.4 Å². The summed E-state index contributed by atoms with van der Waals surface area (Å²) in [6.45, 7) is 0. The van der Waals surface area contributed by atoms with Gasteiger partial charge in [-0.3, -0.25) is 9.59 Å². The lowest BCUT2D eigenvalue weighted by Gasteiger charge is -2.11. The Hall–Kier alpha value is -4.39. The van der Waals surface area contributed by atoms with Crippen LogP contribution >= 0.6 is 0 Å². The van der Waals surface area contributed by atoms with Crippen molar-refractivity contribution in [2.24, 2.45) is 0 Å². The number of nitrogens with one attached hydrogen (secondary N) is 2. The van der Waals surface area contributed by atoms with Crippen molar-refractivity contribution >= 4 is 22.1 Å². The first-order valence-electron chi connectivity index (χ1n) is 9.66. The maximum atomic E-state index is 12.6. The second-order valence-corrected chi connectivity index (χ2v) is 7.27. The lowest BCUT2D eigenvalue weighted by molar-refractivity contribution is 0.474. The molecule has 2 aromatic carbocycles. The number of benzene rings is 2. The number of rotatable bonds is 3. The van der Waals surface area contributed by atoms with Crippen molar-refractivity contribution in [3.63, 3.8) is 0 Å². The van der Waals surface area contributed by atoms with E-state index in [9.17, 15) is 19.8 Å². The van der Waals surface area contributed by atoms with Crippen molar-refractivity contribution in [2.75, 3.05) is 0 Å². The van der Waals surface area contributed by atoms with Crippen LogP contribution in [0, 0.1) is 0 Å². The zero-order valence-electron chi connectivity index (χ0n) is 16.2. The molecule has 0 saturated carbocycles. The van der Waals surface area contributed by atoms with Crippen LogP contribution in [0.2, 0.25) is 0 Å². The summed E-state index contributed by atoms with van der Waals surface area (Å²) in [4.78, 5) is 34.8. The Balaban J connectivity index is 1.76. The molecule has 0 unspecified atom stereocenters. The minimum absolute atomic E-state index is 0.112. The predicted molar refractivity (Wildman–Crippen MR) is 119 cm³/mol. The van der Waals surface area contributed by atoms with E-state index < -0.39 is 11.1 Å². The molecule has 0 saturated heterocycles. The molecule has 0 radical (unpaired) electrons. The number of aromatic amines is 2. The van der Waals surface area contributed by atoms with Crippen LogP contribution < -0.4 is 11.1 Å². The molecule has 3 aromatic heterocycles.